The first-order valence-corrected chi connectivity index (χ1v) is 7.31. The number of benzene rings is 2. The molecule has 0 fully saturated rings. The fourth-order valence-corrected chi connectivity index (χ4v) is 3.78. The van der Waals surface area contributed by atoms with Crippen LogP contribution in [0.5, 0.6) is 0 Å². The maximum atomic E-state index is 12.5. The second kappa shape index (κ2) is 4.23. The molecule has 1 aliphatic rings. The highest BCUT2D eigenvalue weighted by Crippen LogP contribution is 2.42. The molecule has 2 heterocycles. The van der Waals surface area contributed by atoms with Crippen LogP contribution in [0.4, 0.5) is 16.4 Å². The average Bonchev–Trinajstić information content (AvgIpc) is 2.71. The lowest BCUT2D eigenvalue weighted by Crippen LogP contribution is -2.09. The molecule has 1 aliphatic heterocycles. The predicted octanol–water partition coefficient (Wildman–Crippen LogP) is 4.86. The van der Waals surface area contributed by atoms with E-state index in [-0.39, 0.29) is 5.91 Å². The first kappa shape index (κ1) is 11.8. The van der Waals surface area contributed by atoms with Crippen molar-refractivity contribution in [1.82, 2.24) is 0 Å². The van der Waals surface area contributed by atoms with Gasteiger partial charge in [-0.1, -0.05) is 29.8 Å². The lowest BCUT2D eigenvalue weighted by molar-refractivity contribution is 0.103. The van der Waals surface area contributed by atoms with E-state index >= 15 is 0 Å². The number of anilines is 3. The van der Waals surface area contributed by atoms with E-state index in [1.54, 1.807) is 0 Å². The molecule has 0 saturated carbocycles. The Morgan fingerprint density at radius 1 is 1.00 bits per heavy atom. The second-order valence-corrected chi connectivity index (χ2v) is 6.06. The largest absolute Gasteiger partial charge is 0.345 e. The SMILES string of the molecule is O=C1Nc2ccccc2Nc2sc3cc(Cl)ccc3c21. The maximum absolute atomic E-state index is 12.5. The van der Waals surface area contributed by atoms with Crippen LogP contribution in [0.1, 0.15) is 10.4 Å². The summed E-state index contributed by atoms with van der Waals surface area (Å²) in [6.45, 7) is 0. The minimum atomic E-state index is -0.0916. The van der Waals surface area contributed by atoms with Gasteiger partial charge in [0, 0.05) is 15.1 Å². The average molecular weight is 301 g/mol. The molecule has 0 bridgehead atoms. The Kier molecular flexibility index (Phi) is 2.49. The summed E-state index contributed by atoms with van der Waals surface area (Å²) < 4.78 is 1.00. The Labute approximate surface area is 124 Å². The minimum Gasteiger partial charge on any atom is -0.345 e. The summed E-state index contributed by atoms with van der Waals surface area (Å²) in [6, 6.07) is 13.3. The third-order valence-corrected chi connectivity index (χ3v) is 4.61. The number of nitrogens with one attached hydrogen (secondary N) is 2. The zero-order valence-electron chi connectivity index (χ0n) is 10.2. The lowest BCUT2D eigenvalue weighted by atomic mass is 10.1. The number of rotatable bonds is 0. The molecule has 0 radical (unpaired) electrons. The van der Waals surface area contributed by atoms with E-state index in [1.807, 2.05) is 42.5 Å². The number of amides is 1. The van der Waals surface area contributed by atoms with E-state index in [4.69, 9.17) is 11.6 Å². The van der Waals surface area contributed by atoms with Gasteiger partial charge in [-0.25, -0.2) is 0 Å². The number of fused-ring (bicyclic) bond motifs is 4. The number of hydrogen-bond donors (Lipinski definition) is 2. The zero-order chi connectivity index (χ0) is 13.7. The molecule has 20 heavy (non-hydrogen) atoms. The summed E-state index contributed by atoms with van der Waals surface area (Å²) in [7, 11) is 0. The minimum absolute atomic E-state index is 0.0916. The van der Waals surface area contributed by atoms with Crippen LogP contribution in [0.25, 0.3) is 10.1 Å². The van der Waals surface area contributed by atoms with Gasteiger partial charge in [0.1, 0.15) is 5.00 Å². The smallest absolute Gasteiger partial charge is 0.259 e. The second-order valence-electron chi connectivity index (χ2n) is 4.57. The predicted molar refractivity (Wildman–Crippen MR) is 84.5 cm³/mol. The normalized spacial score (nSPS) is 13.2. The van der Waals surface area contributed by atoms with Crippen molar-refractivity contribution in [2.75, 3.05) is 10.6 Å². The number of para-hydroxylation sites is 2. The zero-order valence-corrected chi connectivity index (χ0v) is 11.8. The van der Waals surface area contributed by atoms with E-state index in [2.05, 4.69) is 10.6 Å². The first-order valence-electron chi connectivity index (χ1n) is 6.12. The lowest BCUT2D eigenvalue weighted by Gasteiger charge is -2.06. The fourth-order valence-electron chi connectivity index (χ4n) is 2.39. The van der Waals surface area contributed by atoms with Crippen molar-refractivity contribution < 1.29 is 4.79 Å². The van der Waals surface area contributed by atoms with Gasteiger partial charge < -0.3 is 10.6 Å². The van der Waals surface area contributed by atoms with Crippen LogP contribution < -0.4 is 10.6 Å². The highest BCUT2D eigenvalue weighted by molar-refractivity contribution is 7.23. The summed E-state index contributed by atoms with van der Waals surface area (Å²) in [6.07, 6.45) is 0. The van der Waals surface area contributed by atoms with E-state index in [0.29, 0.717) is 10.6 Å². The van der Waals surface area contributed by atoms with Gasteiger partial charge in [0.15, 0.2) is 0 Å². The number of halogens is 1. The molecule has 0 aliphatic carbocycles. The van der Waals surface area contributed by atoms with Crippen molar-refractivity contribution in [3.05, 3.63) is 53.1 Å². The molecule has 4 rings (SSSR count). The molecule has 2 aromatic carbocycles. The number of carbonyl (C=O) groups is 1. The first-order chi connectivity index (χ1) is 9.72. The Hall–Kier alpha value is -2.04. The Morgan fingerprint density at radius 2 is 1.75 bits per heavy atom. The van der Waals surface area contributed by atoms with Crippen LogP contribution in [-0.4, -0.2) is 5.91 Å². The van der Waals surface area contributed by atoms with Crippen LogP contribution in [0.3, 0.4) is 0 Å². The molecule has 1 amide bonds. The van der Waals surface area contributed by atoms with Crippen LogP contribution in [0.15, 0.2) is 42.5 Å². The summed E-state index contributed by atoms with van der Waals surface area (Å²) >= 11 is 7.56. The van der Waals surface area contributed by atoms with Crippen molar-refractivity contribution in [3.63, 3.8) is 0 Å². The molecule has 2 N–H and O–H groups in total. The van der Waals surface area contributed by atoms with Crippen molar-refractivity contribution in [3.8, 4) is 0 Å². The molecule has 0 spiro atoms. The molecular weight excluding hydrogens is 292 g/mol. The van der Waals surface area contributed by atoms with Gasteiger partial charge in [0.05, 0.1) is 16.9 Å². The molecule has 1 aromatic heterocycles. The molecule has 98 valence electrons. The van der Waals surface area contributed by atoms with Crippen molar-refractivity contribution in [2.24, 2.45) is 0 Å². The quantitative estimate of drug-likeness (QED) is 0.622. The Bertz CT molecular complexity index is 856. The van der Waals surface area contributed by atoms with Crippen molar-refractivity contribution in [2.45, 2.75) is 0 Å². The van der Waals surface area contributed by atoms with Gasteiger partial charge in [-0.15, -0.1) is 11.3 Å². The summed E-state index contributed by atoms with van der Waals surface area (Å²) in [5.41, 5.74) is 2.37. The summed E-state index contributed by atoms with van der Waals surface area (Å²) in [4.78, 5) is 12.5. The van der Waals surface area contributed by atoms with E-state index in [0.717, 1.165) is 26.5 Å². The maximum Gasteiger partial charge on any atom is 0.259 e. The number of carbonyl (C=O) groups excluding carboxylic acids is 1. The highest BCUT2D eigenvalue weighted by atomic mass is 35.5. The van der Waals surface area contributed by atoms with Gasteiger partial charge >= 0.3 is 0 Å². The Balaban J connectivity index is 1.99. The van der Waals surface area contributed by atoms with Gasteiger partial charge in [-0.3, -0.25) is 4.79 Å². The number of thiophene rings is 1. The molecule has 0 saturated heterocycles. The number of hydrogen-bond acceptors (Lipinski definition) is 3. The topological polar surface area (TPSA) is 41.1 Å². The van der Waals surface area contributed by atoms with Crippen LogP contribution in [0, 0.1) is 0 Å². The standard InChI is InChI=1S/C15H9ClN2OS/c16-8-5-6-9-12(7-8)20-15-13(9)14(19)17-10-3-1-2-4-11(10)18-15/h1-7,18H,(H,17,19). The molecule has 0 unspecified atom stereocenters. The van der Waals surface area contributed by atoms with E-state index < -0.39 is 0 Å². The van der Waals surface area contributed by atoms with Crippen molar-refractivity contribution in [1.29, 1.82) is 0 Å². The van der Waals surface area contributed by atoms with Crippen LogP contribution >= 0.6 is 22.9 Å². The molecular formula is C15H9ClN2OS. The van der Waals surface area contributed by atoms with E-state index in [9.17, 15) is 4.79 Å². The van der Waals surface area contributed by atoms with Gasteiger partial charge in [-0.2, -0.15) is 0 Å². The third-order valence-electron chi connectivity index (χ3n) is 3.30. The molecule has 3 aromatic rings. The van der Waals surface area contributed by atoms with E-state index in [1.165, 1.54) is 11.3 Å². The molecule has 0 atom stereocenters. The van der Waals surface area contributed by atoms with Gasteiger partial charge in [0.2, 0.25) is 0 Å². The van der Waals surface area contributed by atoms with Crippen LogP contribution in [-0.2, 0) is 0 Å². The molecule has 3 nitrogen and oxygen atoms in total. The van der Waals surface area contributed by atoms with Crippen molar-refractivity contribution >= 4 is 55.3 Å². The summed E-state index contributed by atoms with van der Waals surface area (Å²) in [5.74, 6) is -0.0916. The van der Waals surface area contributed by atoms with Gasteiger partial charge in [0.25, 0.3) is 5.91 Å². The highest BCUT2D eigenvalue weighted by Gasteiger charge is 2.23. The summed E-state index contributed by atoms with van der Waals surface area (Å²) in [5, 5.41) is 8.73. The Morgan fingerprint density at radius 3 is 2.55 bits per heavy atom. The fraction of sp³-hybridized carbons (Fsp3) is 0. The van der Waals surface area contributed by atoms with Gasteiger partial charge in [-0.05, 0) is 24.3 Å². The third kappa shape index (κ3) is 1.69. The monoisotopic (exact) mass is 300 g/mol. The van der Waals surface area contributed by atoms with Crippen LogP contribution in [0.2, 0.25) is 5.02 Å². The molecule has 5 heteroatoms.